The van der Waals surface area contributed by atoms with Crippen LogP contribution in [0.1, 0.15) is 35.6 Å². The van der Waals surface area contributed by atoms with Crippen LogP contribution in [0.2, 0.25) is 0 Å². The molecule has 0 aromatic carbocycles. The number of carbonyl (C=O) groups excluding carboxylic acids is 1. The second kappa shape index (κ2) is 6.31. The number of aryl methyl sites for hydroxylation is 1. The Kier molecular flexibility index (Phi) is 4.39. The molecule has 7 heteroatoms. The number of rotatable bonds is 3. The van der Waals surface area contributed by atoms with Gasteiger partial charge in [-0.3, -0.25) is 4.79 Å². The van der Waals surface area contributed by atoms with Crippen LogP contribution in [0.5, 0.6) is 0 Å². The molecule has 2 atom stereocenters. The van der Waals surface area contributed by atoms with Crippen LogP contribution in [-0.4, -0.2) is 34.6 Å². The van der Waals surface area contributed by atoms with Crippen molar-refractivity contribution in [1.82, 2.24) is 15.2 Å². The maximum absolute atomic E-state index is 14.5. The van der Waals surface area contributed by atoms with Gasteiger partial charge in [0.2, 0.25) is 5.95 Å². The first kappa shape index (κ1) is 16.0. The lowest BCUT2D eigenvalue weighted by Gasteiger charge is -2.36. The number of pyridine rings is 1. The smallest absolute Gasteiger partial charge is 0.225 e. The summed E-state index contributed by atoms with van der Waals surface area (Å²) in [6, 6.07) is 1.54. The quantitative estimate of drug-likeness (QED) is 0.636. The van der Waals surface area contributed by atoms with Crippen LogP contribution in [0.25, 0.3) is 10.6 Å². The third-order valence-corrected chi connectivity index (χ3v) is 4.91. The Morgan fingerprint density at radius 1 is 1.30 bits per heavy atom. The van der Waals surface area contributed by atoms with Gasteiger partial charge < -0.3 is 4.90 Å². The van der Waals surface area contributed by atoms with Crippen LogP contribution in [-0.2, 0) is 0 Å². The van der Waals surface area contributed by atoms with Gasteiger partial charge in [-0.15, -0.1) is 10.2 Å². The van der Waals surface area contributed by atoms with Crippen LogP contribution in [0.4, 0.5) is 10.2 Å². The number of hydrogen-bond acceptors (Lipinski definition) is 6. The van der Waals surface area contributed by atoms with Crippen molar-refractivity contribution in [3.63, 3.8) is 0 Å². The summed E-state index contributed by atoms with van der Waals surface area (Å²) in [6.07, 6.45) is 1.88. The van der Waals surface area contributed by atoms with Crippen LogP contribution in [0.3, 0.4) is 0 Å². The second-order valence-corrected chi connectivity index (χ2v) is 7.52. The van der Waals surface area contributed by atoms with E-state index >= 15 is 0 Å². The van der Waals surface area contributed by atoms with Gasteiger partial charge in [-0.1, -0.05) is 25.2 Å². The largest absolute Gasteiger partial charge is 0.355 e. The highest BCUT2D eigenvalue weighted by atomic mass is 32.1. The molecule has 0 saturated carbocycles. The number of halogens is 1. The van der Waals surface area contributed by atoms with E-state index in [9.17, 15) is 9.18 Å². The first-order valence-electron chi connectivity index (χ1n) is 7.69. The third-order valence-electron chi connectivity index (χ3n) is 4.04. The summed E-state index contributed by atoms with van der Waals surface area (Å²) in [5.74, 6) is 0.815. The first-order valence-corrected chi connectivity index (χ1v) is 8.50. The van der Waals surface area contributed by atoms with E-state index in [0.717, 1.165) is 30.8 Å². The molecular weight excluding hydrogens is 315 g/mol. The van der Waals surface area contributed by atoms with Crippen molar-refractivity contribution >= 4 is 23.4 Å². The molecule has 5 nitrogen and oxygen atoms in total. The third kappa shape index (κ3) is 3.24. The van der Waals surface area contributed by atoms with Crippen molar-refractivity contribution in [2.75, 3.05) is 18.0 Å². The predicted molar refractivity (Wildman–Crippen MR) is 88.4 cm³/mol. The average Bonchev–Trinajstić information content (AvgIpc) is 2.92. The Bertz CT molecular complexity index is 723. The summed E-state index contributed by atoms with van der Waals surface area (Å²) >= 11 is 1.28. The molecule has 1 aliphatic rings. The zero-order chi connectivity index (χ0) is 16.6. The fraction of sp³-hybridized carbons (Fsp3) is 0.500. The lowest BCUT2D eigenvalue weighted by Crippen LogP contribution is -2.39. The molecule has 0 amide bonds. The minimum absolute atomic E-state index is 0.236. The van der Waals surface area contributed by atoms with Gasteiger partial charge in [-0.25, -0.2) is 4.98 Å². The number of nitrogens with zero attached hydrogens (tertiary/aromatic N) is 4. The van der Waals surface area contributed by atoms with E-state index in [1.54, 1.807) is 6.92 Å². The molecule has 3 heterocycles. The van der Waals surface area contributed by atoms with Gasteiger partial charge in [-0.2, -0.15) is 4.39 Å². The zero-order valence-electron chi connectivity index (χ0n) is 13.4. The highest BCUT2D eigenvalue weighted by Gasteiger charge is 2.26. The monoisotopic (exact) mass is 334 g/mol. The van der Waals surface area contributed by atoms with E-state index in [2.05, 4.69) is 29.0 Å². The van der Waals surface area contributed by atoms with Crippen LogP contribution in [0, 0.1) is 24.7 Å². The SMILES string of the molecule is Cc1nnc(-c2cc(C=O)c(N3CC(C)CC(C)C3)nc2F)s1. The van der Waals surface area contributed by atoms with Crippen molar-refractivity contribution in [3.05, 3.63) is 22.6 Å². The molecule has 2 unspecified atom stereocenters. The minimum atomic E-state index is -0.604. The summed E-state index contributed by atoms with van der Waals surface area (Å²) in [5, 5.41) is 9.04. The average molecular weight is 334 g/mol. The Morgan fingerprint density at radius 3 is 2.57 bits per heavy atom. The van der Waals surface area contributed by atoms with Crippen LogP contribution >= 0.6 is 11.3 Å². The van der Waals surface area contributed by atoms with E-state index < -0.39 is 5.95 Å². The normalized spacial score (nSPS) is 21.5. The number of carbonyl (C=O) groups is 1. The zero-order valence-corrected chi connectivity index (χ0v) is 14.2. The topological polar surface area (TPSA) is 59.0 Å². The molecule has 23 heavy (non-hydrogen) atoms. The standard InChI is InChI=1S/C16H19FN4OS/c1-9-4-10(2)7-21(6-9)15-12(8-22)5-13(14(17)18-15)16-20-19-11(3)23-16/h5,8-10H,4,6-7H2,1-3H3. The van der Waals surface area contributed by atoms with E-state index in [4.69, 9.17) is 0 Å². The summed E-state index contributed by atoms with van der Waals surface area (Å²) in [7, 11) is 0. The van der Waals surface area contributed by atoms with Crippen LogP contribution in [0.15, 0.2) is 6.07 Å². The summed E-state index contributed by atoms with van der Waals surface area (Å²) in [6.45, 7) is 7.71. The molecule has 2 aromatic rings. The Balaban J connectivity index is 2.02. The fourth-order valence-corrected chi connectivity index (χ4v) is 3.92. The maximum Gasteiger partial charge on any atom is 0.225 e. The summed E-state index contributed by atoms with van der Waals surface area (Å²) < 4.78 is 14.5. The summed E-state index contributed by atoms with van der Waals surface area (Å²) in [5.41, 5.74) is 0.634. The molecular formula is C16H19FN4OS. The van der Waals surface area contributed by atoms with Crippen molar-refractivity contribution in [2.24, 2.45) is 11.8 Å². The van der Waals surface area contributed by atoms with Crippen molar-refractivity contribution in [1.29, 1.82) is 0 Å². The number of anilines is 1. The maximum atomic E-state index is 14.5. The second-order valence-electron chi connectivity index (χ2n) is 6.33. The fourth-order valence-electron chi connectivity index (χ4n) is 3.23. The van der Waals surface area contributed by atoms with E-state index in [0.29, 0.717) is 28.2 Å². The molecule has 0 bridgehead atoms. The number of hydrogen-bond donors (Lipinski definition) is 0. The molecule has 0 aliphatic carbocycles. The van der Waals surface area contributed by atoms with E-state index in [-0.39, 0.29) is 5.56 Å². The van der Waals surface area contributed by atoms with Gasteiger partial charge in [-0.05, 0) is 31.2 Å². The number of piperidine rings is 1. The lowest BCUT2D eigenvalue weighted by atomic mass is 9.91. The van der Waals surface area contributed by atoms with Gasteiger partial charge in [0, 0.05) is 13.1 Å². The van der Waals surface area contributed by atoms with Gasteiger partial charge in [0.05, 0.1) is 11.1 Å². The molecule has 3 rings (SSSR count). The van der Waals surface area contributed by atoms with Crippen molar-refractivity contribution in [2.45, 2.75) is 27.2 Å². The molecule has 0 radical (unpaired) electrons. The Morgan fingerprint density at radius 2 is 2.00 bits per heavy atom. The molecule has 1 aliphatic heterocycles. The Labute approximate surface area is 138 Å². The minimum Gasteiger partial charge on any atom is -0.355 e. The lowest BCUT2D eigenvalue weighted by molar-refractivity contribution is 0.112. The molecule has 1 fully saturated rings. The number of aromatic nitrogens is 3. The van der Waals surface area contributed by atoms with Gasteiger partial charge in [0.25, 0.3) is 0 Å². The highest BCUT2D eigenvalue weighted by Crippen LogP contribution is 2.32. The van der Waals surface area contributed by atoms with Gasteiger partial charge >= 0.3 is 0 Å². The summed E-state index contributed by atoms with van der Waals surface area (Å²) in [4.78, 5) is 17.6. The predicted octanol–water partition coefficient (Wildman–Crippen LogP) is 3.34. The van der Waals surface area contributed by atoms with Crippen molar-refractivity contribution in [3.8, 4) is 10.6 Å². The molecule has 1 saturated heterocycles. The highest BCUT2D eigenvalue weighted by molar-refractivity contribution is 7.14. The van der Waals surface area contributed by atoms with Gasteiger partial charge in [0.1, 0.15) is 10.8 Å². The van der Waals surface area contributed by atoms with E-state index in [1.807, 2.05) is 4.90 Å². The number of aldehydes is 1. The molecule has 2 aromatic heterocycles. The molecule has 122 valence electrons. The van der Waals surface area contributed by atoms with Crippen LogP contribution < -0.4 is 4.90 Å². The van der Waals surface area contributed by atoms with Crippen molar-refractivity contribution < 1.29 is 9.18 Å². The molecule has 0 spiro atoms. The molecule has 0 N–H and O–H groups in total. The van der Waals surface area contributed by atoms with Gasteiger partial charge in [0.15, 0.2) is 11.3 Å². The first-order chi connectivity index (χ1) is 11.0. The van der Waals surface area contributed by atoms with E-state index in [1.165, 1.54) is 17.4 Å². The Hall–Kier alpha value is -1.89.